The van der Waals surface area contributed by atoms with Gasteiger partial charge in [0.25, 0.3) is 0 Å². The first kappa shape index (κ1) is 19.5. The predicted molar refractivity (Wildman–Crippen MR) is 119 cm³/mol. The van der Waals surface area contributed by atoms with Crippen LogP contribution in [0.4, 0.5) is 0 Å². The van der Waals surface area contributed by atoms with E-state index in [9.17, 15) is 8.42 Å². The molecule has 2 heterocycles. The summed E-state index contributed by atoms with van der Waals surface area (Å²) in [5.74, 6) is 0.452. The third kappa shape index (κ3) is 3.47. The van der Waals surface area contributed by atoms with Crippen LogP contribution >= 0.6 is 15.9 Å². The molecular formula is C23H19BrN2O3S. The van der Waals surface area contributed by atoms with Crippen LogP contribution in [0.5, 0.6) is 0 Å². The van der Waals surface area contributed by atoms with Crippen LogP contribution in [0.1, 0.15) is 24.8 Å². The molecule has 152 valence electrons. The monoisotopic (exact) mass is 482 g/mol. The molecule has 5 rings (SSSR count). The van der Waals surface area contributed by atoms with Gasteiger partial charge >= 0.3 is 0 Å². The van der Waals surface area contributed by atoms with Gasteiger partial charge in [-0.2, -0.15) is 4.31 Å². The van der Waals surface area contributed by atoms with Crippen molar-refractivity contribution in [2.75, 3.05) is 6.54 Å². The van der Waals surface area contributed by atoms with Gasteiger partial charge in [0.05, 0.1) is 4.90 Å². The molecule has 5 nitrogen and oxygen atoms in total. The van der Waals surface area contributed by atoms with E-state index in [2.05, 4.69) is 20.9 Å². The van der Waals surface area contributed by atoms with E-state index in [0.717, 1.165) is 27.5 Å². The number of rotatable bonds is 4. The molecule has 1 aromatic heterocycles. The van der Waals surface area contributed by atoms with Crippen molar-refractivity contribution in [3.8, 4) is 11.1 Å². The Hall–Kier alpha value is -2.48. The van der Waals surface area contributed by atoms with Crippen molar-refractivity contribution < 1.29 is 12.8 Å². The van der Waals surface area contributed by atoms with Crippen LogP contribution in [-0.4, -0.2) is 24.3 Å². The molecule has 1 fully saturated rings. The highest BCUT2D eigenvalue weighted by Crippen LogP contribution is 2.38. The Morgan fingerprint density at radius 2 is 1.73 bits per heavy atom. The number of hydrogen-bond acceptors (Lipinski definition) is 4. The Morgan fingerprint density at radius 3 is 2.50 bits per heavy atom. The average Bonchev–Trinajstić information content (AvgIpc) is 3.41. The maximum Gasteiger partial charge on any atom is 0.243 e. The minimum absolute atomic E-state index is 0.278. The zero-order chi connectivity index (χ0) is 20.7. The summed E-state index contributed by atoms with van der Waals surface area (Å²) in [7, 11) is -3.63. The van der Waals surface area contributed by atoms with Gasteiger partial charge in [0.2, 0.25) is 15.9 Å². The first-order chi connectivity index (χ1) is 14.5. The van der Waals surface area contributed by atoms with Crippen molar-refractivity contribution in [1.82, 2.24) is 9.29 Å². The van der Waals surface area contributed by atoms with Crippen LogP contribution in [0.2, 0.25) is 0 Å². The van der Waals surface area contributed by atoms with E-state index in [1.807, 2.05) is 48.5 Å². The lowest BCUT2D eigenvalue weighted by Crippen LogP contribution is -2.30. The van der Waals surface area contributed by atoms with Gasteiger partial charge in [0.15, 0.2) is 5.58 Å². The normalized spacial score (nSPS) is 17.6. The number of hydrogen-bond donors (Lipinski definition) is 0. The van der Waals surface area contributed by atoms with Crippen molar-refractivity contribution in [2.45, 2.75) is 23.8 Å². The molecule has 4 aromatic rings. The van der Waals surface area contributed by atoms with Crippen molar-refractivity contribution >= 4 is 37.1 Å². The SMILES string of the molecule is O=S(=O)(c1ccc(Br)cc1)N1CCC[C@@H]1c1nc2cc(-c3ccccc3)ccc2o1. The average molecular weight is 483 g/mol. The Morgan fingerprint density at radius 1 is 0.967 bits per heavy atom. The van der Waals surface area contributed by atoms with Crippen LogP contribution in [0.25, 0.3) is 22.2 Å². The first-order valence-electron chi connectivity index (χ1n) is 9.76. The predicted octanol–water partition coefficient (Wildman–Crippen LogP) is 5.78. The van der Waals surface area contributed by atoms with Crippen LogP contribution in [0.3, 0.4) is 0 Å². The molecule has 0 amide bonds. The second-order valence-corrected chi connectivity index (χ2v) is 10.1. The highest BCUT2D eigenvalue weighted by Gasteiger charge is 2.39. The number of oxazole rings is 1. The molecule has 0 bridgehead atoms. The Labute approximate surface area is 183 Å². The molecule has 1 saturated heterocycles. The zero-order valence-corrected chi connectivity index (χ0v) is 18.4. The standard InChI is InChI=1S/C23H19BrN2O3S/c24-18-9-11-19(12-10-18)30(27,28)26-14-4-7-21(26)23-25-20-15-17(8-13-22(20)29-23)16-5-2-1-3-6-16/h1-3,5-6,8-13,15,21H,4,7,14H2/t21-/m1/s1. The Bertz CT molecular complexity index is 1300. The third-order valence-electron chi connectivity index (χ3n) is 5.42. The van der Waals surface area contributed by atoms with E-state index >= 15 is 0 Å². The molecule has 1 atom stereocenters. The molecule has 7 heteroatoms. The molecule has 3 aromatic carbocycles. The molecule has 0 saturated carbocycles. The van der Waals surface area contributed by atoms with Gasteiger partial charge in [-0.05, 0) is 60.4 Å². The van der Waals surface area contributed by atoms with Crippen molar-refractivity contribution in [1.29, 1.82) is 0 Å². The third-order valence-corrected chi connectivity index (χ3v) is 7.87. The number of fused-ring (bicyclic) bond motifs is 1. The van der Waals surface area contributed by atoms with E-state index in [0.29, 0.717) is 24.4 Å². The molecule has 1 aliphatic rings. The van der Waals surface area contributed by atoms with Crippen LogP contribution in [0, 0.1) is 0 Å². The number of benzene rings is 3. The van der Waals surface area contributed by atoms with Gasteiger partial charge in [-0.1, -0.05) is 52.3 Å². The summed E-state index contributed by atoms with van der Waals surface area (Å²) in [4.78, 5) is 4.95. The summed E-state index contributed by atoms with van der Waals surface area (Å²) < 4.78 is 34.8. The molecule has 0 spiro atoms. The quantitative estimate of drug-likeness (QED) is 0.369. The molecular weight excluding hydrogens is 464 g/mol. The van der Waals surface area contributed by atoms with Crippen molar-refractivity contribution in [3.05, 3.63) is 83.2 Å². The number of sulfonamides is 1. The van der Waals surface area contributed by atoms with E-state index in [1.54, 1.807) is 24.3 Å². The number of halogens is 1. The molecule has 30 heavy (non-hydrogen) atoms. The maximum absolute atomic E-state index is 13.2. The molecule has 0 unspecified atom stereocenters. The Balaban J connectivity index is 1.50. The highest BCUT2D eigenvalue weighted by atomic mass is 79.9. The van der Waals surface area contributed by atoms with E-state index in [1.165, 1.54) is 4.31 Å². The summed E-state index contributed by atoms with van der Waals surface area (Å²) in [6.07, 6.45) is 1.46. The summed E-state index contributed by atoms with van der Waals surface area (Å²) in [6, 6.07) is 22.3. The lowest BCUT2D eigenvalue weighted by Gasteiger charge is -2.21. The molecule has 0 radical (unpaired) electrons. The van der Waals surface area contributed by atoms with Gasteiger partial charge in [0, 0.05) is 11.0 Å². The van der Waals surface area contributed by atoms with E-state index < -0.39 is 16.1 Å². The summed E-state index contributed by atoms with van der Waals surface area (Å²) in [5.41, 5.74) is 3.55. The van der Waals surface area contributed by atoms with Crippen LogP contribution in [0.15, 0.2) is 86.6 Å². The van der Waals surface area contributed by atoms with Gasteiger partial charge in [-0.25, -0.2) is 13.4 Å². The minimum Gasteiger partial charge on any atom is -0.439 e. The smallest absolute Gasteiger partial charge is 0.243 e. The molecule has 0 aliphatic carbocycles. The maximum atomic E-state index is 13.2. The lowest BCUT2D eigenvalue weighted by molar-refractivity contribution is 0.337. The number of nitrogens with zero attached hydrogens (tertiary/aromatic N) is 2. The largest absolute Gasteiger partial charge is 0.439 e. The van der Waals surface area contributed by atoms with Crippen LogP contribution in [-0.2, 0) is 10.0 Å². The molecule has 1 aliphatic heterocycles. The van der Waals surface area contributed by atoms with Crippen molar-refractivity contribution in [2.24, 2.45) is 0 Å². The van der Waals surface area contributed by atoms with E-state index in [-0.39, 0.29) is 4.90 Å². The first-order valence-corrected chi connectivity index (χ1v) is 12.0. The van der Waals surface area contributed by atoms with Gasteiger partial charge in [-0.3, -0.25) is 0 Å². The summed E-state index contributed by atoms with van der Waals surface area (Å²) >= 11 is 3.35. The van der Waals surface area contributed by atoms with Gasteiger partial charge < -0.3 is 4.42 Å². The van der Waals surface area contributed by atoms with Crippen LogP contribution < -0.4 is 0 Å². The molecule has 0 N–H and O–H groups in total. The fourth-order valence-corrected chi connectivity index (χ4v) is 5.83. The fourth-order valence-electron chi connectivity index (χ4n) is 3.91. The minimum atomic E-state index is -3.63. The summed E-state index contributed by atoms with van der Waals surface area (Å²) in [5, 5.41) is 0. The zero-order valence-electron chi connectivity index (χ0n) is 16.0. The van der Waals surface area contributed by atoms with Gasteiger partial charge in [0.1, 0.15) is 11.6 Å². The second-order valence-electron chi connectivity index (χ2n) is 7.33. The van der Waals surface area contributed by atoms with Crippen molar-refractivity contribution in [3.63, 3.8) is 0 Å². The fraction of sp³-hybridized carbons (Fsp3) is 0.174. The number of aromatic nitrogens is 1. The van der Waals surface area contributed by atoms with E-state index in [4.69, 9.17) is 4.42 Å². The second kappa shape index (κ2) is 7.65. The Kier molecular flexibility index (Phi) is 4.97. The highest BCUT2D eigenvalue weighted by molar-refractivity contribution is 9.10. The topological polar surface area (TPSA) is 63.4 Å². The lowest BCUT2D eigenvalue weighted by atomic mass is 10.1. The van der Waals surface area contributed by atoms with Gasteiger partial charge in [-0.15, -0.1) is 0 Å². The summed E-state index contributed by atoms with van der Waals surface area (Å²) in [6.45, 7) is 0.455.